The van der Waals surface area contributed by atoms with Gasteiger partial charge in [-0.2, -0.15) is 0 Å². The fraction of sp³-hybridized carbons (Fsp3) is 0.250. The summed E-state index contributed by atoms with van der Waals surface area (Å²) < 4.78 is 0.439. The zero-order valence-corrected chi connectivity index (χ0v) is 9.87. The van der Waals surface area contributed by atoms with E-state index < -0.39 is 0 Å². The number of hydrogen-bond acceptors (Lipinski definition) is 2. The zero-order valence-electron chi connectivity index (χ0n) is 6.77. The van der Waals surface area contributed by atoms with Crippen molar-refractivity contribution in [3.05, 3.63) is 26.4 Å². The van der Waals surface area contributed by atoms with Crippen LogP contribution in [0.3, 0.4) is 0 Å². The molecule has 0 unspecified atom stereocenters. The summed E-state index contributed by atoms with van der Waals surface area (Å²) in [5, 5.41) is 0.489. The van der Waals surface area contributed by atoms with E-state index in [1.807, 2.05) is 0 Å². The highest BCUT2D eigenvalue weighted by molar-refractivity contribution is 9.10. The van der Waals surface area contributed by atoms with Gasteiger partial charge in [0.05, 0.1) is 10.6 Å². The molecule has 0 N–H and O–H groups in total. The minimum Gasteiger partial charge on any atom is -0.294 e. The number of carbonyl (C=O) groups excluding carboxylic acids is 1. The van der Waals surface area contributed by atoms with Crippen LogP contribution >= 0.6 is 39.1 Å². The summed E-state index contributed by atoms with van der Waals surface area (Å²) in [6.07, 6.45) is 0.415. The Balaban J connectivity index is 3.23. The maximum absolute atomic E-state index is 11.3. The van der Waals surface area contributed by atoms with Gasteiger partial charge in [-0.3, -0.25) is 4.79 Å². The summed E-state index contributed by atoms with van der Waals surface area (Å²) >= 11 is 14.5. The fourth-order valence-electron chi connectivity index (χ4n) is 0.832. The predicted octanol–water partition coefficient (Wildman–Crippen LogP) is 3.74. The van der Waals surface area contributed by atoms with Crippen LogP contribution in [0.1, 0.15) is 23.7 Å². The van der Waals surface area contributed by atoms with Crippen LogP contribution in [0, 0.1) is 0 Å². The lowest BCUT2D eigenvalue weighted by atomic mass is 10.1. The predicted molar refractivity (Wildman–Crippen MR) is 56.6 cm³/mol. The largest absolute Gasteiger partial charge is 0.294 e. The number of ketones is 1. The third-order valence-corrected chi connectivity index (χ3v) is 2.79. The van der Waals surface area contributed by atoms with Gasteiger partial charge in [-0.25, -0.2) is 4.98 Å². The van der Waals surface area contributed by atoms with E-state index in [-0.39, 0.29) is 10.9 Å². The van der Waals surface area contributed by atoms with Gasteiger partial charge in [0, 0.05) is 6.42 Å². The summed E-state index contributed by atoms with van der Waals surface area (Å²) in [6, 6.07) is 1.52. The maximum Gasteiger partial charge on any atom is 0.165 e. The lowest BCUT2D eigenvalue weighted by molar-refractivity contribution is 0.0987. The topological polar surface area (TPSA) is 30.0 Å². The van der Waals surface area contributed by atoms with Crippen molar-refractivity contribution in [2.75, 3.05) is 0 Å². The van der Waals surface area contributed by atoms with E-state index in [1.54, 1.807) is 6.92 Å². The highest BCUT2D eigenvalue weighted by atomic mass is 79.9. The molecule has 0 radical (unpaired) electrons. The Hall–Kier alpha value is -0.120. The summed E-state index contributed by atoms with van der Waals surface area (Å²) in [5.41, 5.74) is 0.469. The van der Waals surface area contributed by atoms with Crippen LogP contribution in [-0.2, 0) is 0 Å². The number of nitrogens with zero attached hydrogens (tertiary/aromatic N) is 1. The minimum atomic E-state index is -0.0158. The van der Waals surface area contributed by atoms with Crippen molar-refractivity contribution in [1.29, 1.82) is 0 Å². The van der Waals surface area contributed by atoms with Gasteiger partial charge in [0.2, 0.25) is 0 Å². The molecule has 0 aromatic carbocycles. The van der Waals surface area contributed by atoms with Gasteiger partial charge >= 0.3 is 0 Å². The van der Waals surface area contributed by atoms with E-state index in [0.29, 0.717) is 21.6 Å². The van der Waals surface area contributed by atoms with Crippen LogP contribution in [0.25, 0.3) is 0 Å². The Labute approximate surface area is 94.4 Å². The van der Waals surface area contributed by atoms with Crippen LogP contribution in [0.5, 0.6) is 0 Å². The van der Waals surface area contributed by atoms with E-state index in [2.05, 4.69) is 20.9 Å². The summed E-state index contributed by atoms with van der Waals surface area (Å²) in [4.78, 5) is 15.2. The van der Waals surface area contributed by atoms with E-state index in [0.717, 1.165) is 0 Å². The third kappa shape index (κ3) is 2.42. The second-order valence-electron chi connectivity index (χ2n) is 2.38. The van der Waals surface area contributed by atoms with Gasteiger partial charge in [-0.1, -0.05) is 30.1 Å². The lowest BCUT2D eigenvalue weighted by Crippen LogP contribution is -1.99. The van der Waals surface area contributed by atoms with Crippen molar-refractivity contribution < 1.29 is 4.79 Å². The Morgan fingerprint density at radius 2 is 2.23 bits per heavy atom. The molecular weight excluding hydrogens is 277 g/mol. The molecule has 1 heterocycles. The van der Waals surface area contributed by atoms with Crippen molar-refractivity contribution in [2.24, 2.45) is 0 Å². The fourth-order valence-corrected chi connectivity index (χ4v) is 1.74. The van der Waals surface area contributed by atoms with Gasteiger partial charge in [-0.05, 0) is 22.0 Å². The average molecular weight is 283 g/mol. The molecule has 0 aliphatic carbocycles. The van der Waals surface area contributed by atoms with Gasteiger partial charge < -0.3 is 0 Å². The Kier molecular flexibility index (Phi) is 3.71. The molecule has 0 aliphatic heterocycles. The number of halogens is 3. The van der Waals surface area contributed by atoms with Crippen LogP contribution < -0.4 is 0 Å². The number of aromatic nitrogens is 1. The molecule has 0 aliphatic rings. The molecule has 0 atom stereocenters. The molecule has 13 heavy (non-hydrogen) atoms. The zero-order chi connectivity index (χ0) is 10.0. The summed E-state index contributed by atoms with van der Waals surface area (Å²) in [6.45, 7) is 1.78. The molecule has 1 aromatic heterocycles. The standard InChI is InChI=1S/C8H6BrCl2NO/c1-2-6(13)4-3-5(10)8(11)12-7(4)9/h3H,2H2,1H3. The Morgan fingerprint density at radius 3 is 2.77 bits per heavy atom. The molecule has 1 aromatic rings. The normalized spacial score (nSPS) is 10.2. The first-order chi connectivity index (χ1) is 6.06. The molecular formula is C8H6BrCl2NO. The highest BCUT2D eigenvalue weighted by Gasteiger charge is 2.12. The molecule has 0 bridgehead atoms. The van der Waals surface area contributed by atoms with Gasteiger partial charge in [0.25, 0.3) is 0 Å². The first-order valence-electron chi connectivity index (χ1n) is 3.61. The first kappa shape index (κ1) is 11.0. The molecule has 1 rings (SSSR count). The maximum atomic E-state index is 11.3. The number of rotatable bonds is 2. The van der Waals surface area contributed by atoms with Gasteiger partial charge in [0.15, 0.2) is 5.78 Å². The van der Waals surface area contributed by atoms with Crippen molar-refractivity contribution in [1.82, 2.24) is 4.98 Å². The second-order valence-corrected chi connectivity index (χ2v) is 3.89. The molecule has 0 amide bonds. The smallest absolute Gasteiger partial charge is 0.165 e. The van der Waals surface area contributed by atoms with E-state index in [4.69, 9.17) is 23.2 Å². The van der Waals surface area contributed by atoms with E-state index >= 15 is 0 Å². The number of carbonyl (C=O) groups is 1. The van der Waals surface area contributed by atoms with Crippen molar-refractivity contribution >= 4 is 44.9 Å². The molecule has 0 fully saturated rings. The number of Topliss-reactive ketones (excluding diaryl/α,β-unsaturated/α-hetero) is 1. The molecule has 5 heteroatoms. The Bertz CT molecular complexity index is 354. The van der Waals surface area contributed by atoms with Crippen molar-refractivity contribution in [3.63, 3.8) is 0 Å². The van der Waals surface area contributed by atoms with Crippen molar-refractivity contribution in [2.45, 2.75) is 13.3 Å². The van der Waals surface area contributed by atoms with Crippen LogP contribution in [0.15, 0.2) is 10.7 Å². The van der Waals surface area contributed by atoms with Crippen LogP contribution in [-0.4, -0.2) is 10.8 Å². The van der Waals surface area contributed by atoms with Crippen molar-refractivity contribution in [3.8, 4) is 0 Å². The van der Waals surface area contributed by atoms with Crippen LogP contribution in [0.4, 0.5) is 0 Å². The highest BCUT2D eigenvalue weighted by Crippen LogP contribution is 2.26. The molecule has 0 saturated heterocycles. The molecule has 0 spiro atoms. The van der Waals surface area contributed by atoms with Crippen LogP contribution in [0.2, 0.25) is 10.2 Å². The van der Waals surface area contributed by atoms with Gasteiger partial charge in [-0.15, -0.1) is 0 Å². The first-order valence-corrected chi connectivity index (χ1v) is 5.16. The molecule has 0 saturated carbocycles. The second kappa shape index (κ2) is 4.40. The van der Waals surface area contributed by atoms with E-state index in [1.165, 1.54) is 6.07 Å². The third-order valence-electron chi connectivity index (χ3n) is 1.51. The van der Waals surface area contributed by atoms with Gasteiger partial charge in [0.1, 0.15) is 9.76 Å². The number of hydrogen-bond donors (Lipinski definition) is 0. The quantitative estimate of drug-likeness (QED) is 0.611. The Morgan fingerprint density at radius 1 is 1.62 bits per heavy atom. The van der Waals surface area contributed by atoms with E-state index in [9.17, 15) is 4.79 Å². The SMILES string of the molecule is CCC(=O)c1cc(Cl)c(Cl)nc1Br. The average Bonchev–Trinajstić information content (AvgIpc) is 2.10. The number of pyridine rings is 1. The summed E-state index contributed by atoms with van der Waals surface area (Å²) in [5.74, 6) is -0.0158. The molecule has 2 nitrogen and oxygen atoms in total. The molecule has 70 valence electrons. The minimum absolute atomic E-state index is 0.0158. The summed E-state index contributed by atoms with van der Waals surface area (Å²) in [7, 11) is 0. The lowest BCUT2D eigenvalue weighted by Gasteiger charge is -2.02. The monoisotopic (exact) mass is 281 g/mol.